The molecule has 0 spiro atoms. The molecule has 2 aromatic rings. The molecular weight excluding hydrogens is 234 g/mol. The van der Waals surface area contributed by atoms with Gasteiger partial charge in [-0.05, 0) is 19.1 Å². The number of benzene rings is 1. The Morgan fingerprint density at radius 3 is 2.24 bits per heavy atom. The molecule has 1 aromatic carbocycles. The molecule has 0 unspecified atom stereocenters. The van der Waals surface area contributed by atoms with Crippen LogP contribution in [0.2, 0.25) is 0 Å². The van der Waals surface area contributed by atoms with Gasteiger partial charge in [0.25, 0.3) is 0 Å². The van der Waals surface area contributed by atoms with Crippen molar-refractivity contribution in [2.45, 2.75) is 12.8 Å². The van der Waals surface area contributed by atoms with Crippen molar-refractivity contribution in [3.63, 3.8) is 0 Å². The molecule has 0 saturated carbocycles. The number of anilines is 2. The number of rotatable bonds is 3. The van der Waals surface area contributed by atoms with Crippen LogP contribution >= 0.6 is 11.6 Å². The van der Waals surface area contributed by atoms with Gasteiger partial charge in [-0.2, -0.15) is 0 Å². The third-order valence-corrected chi connectivity index (χ3v) is 2.88. The molecule has 17 heavy (non-hydrogen) atoms. The number of alkyl halides is 1. The maximum Gasteiger partial charge on any atom is 0.229 e. The van der Waals surface area contributed by atoms with Crippen molar-refractivity contribution in [2.75, 3.05) is 11.9 Å². The van der Waals surface area contributed by atoms with Crippen LogP contribution in [0.5, 0.6) is 0 Å². The van der Waals surface area contributed by atoms with Gasteiger partial charge in [-0.15, -0.1) is 11.6 Å². The summed E-state index contributed by atoms with van der Waals surface area (Å²) in [7, 11) is 1.94. The van der Waals surface area contributed by atoms with E-state index in [-0.39, 0.29) is 0 Å². The molecule has 88 valence electrons. The SMILES string of the molecule is Cc1ccc(N(C)c2ncc(CCl)cn2)cc1. The molecule has 0 atom stereocenters. The van der Waals surface area contributed by atoms with Crippen molar-refractivity contribution >= 4 is 23.2 Å². The zero-order valence-corrected chi connectivity index (χ0v) is 10.6. The molecule has 0 aliphatic rings. The van der Waals surface area contributed by atoms with Gasteiger partial charge in [-0.25, -0.2) is 9.97 Å². The average Bonchev–Trinajstić information content (AvgIpc) is 2.39. The first kappa shape index (κ1) is 11.9. The molecule has 0 aliphatic heterocycles. The van der Waals surface area contributed by atoms with Gasteiger partial charge >= 0.3 is 0 Å². The molecule has 0 amide bonds. The van der Waals surface area contributed by atoms with Crippen LogP contribution in [0, 0.1) is 6.92 Å². The second-order valence-corrected chi connectivity index (χ2v) is 4.19. The lowest BCUT2D eigenvalue weighted by molar-refractivity contribution is 1.02. The first-order valence-electron chi connectivity index (χ1n) is 5.38. The lowest BCUT2D eigenvalue weighted by atomic mass is 10.2. The molecule has 0 N–H and O–H groups in total. The Morgan fingerprint density at radius 1 is 1.12 bits per heavy atom. The zero-order chi connectivity index (χ0) is 12.3. The summed E-state index contributed by atoms with van der Waals surface area (Å²) in [5.74, 6) is 1.11. The van der Waals surface area contributed by atoms with E-state index in [1.54, 1.807) is 12.4 Å². The van der Waals surface area contributed by atoms with Gasteiger partial charge in [0.1, 0.15) is 0 Å². The van der Waals surface area contributed by atoms with Crippen molar-refractivity contribution in [3.8, 4) is 0 Å². The lowest BCUT2D eigenvalue weighted by Crippen LogP contribution is -2.12. The highest BCUT2D eigenvalue weighted by Crippen LogP contribution is 2.20. The zero-order valence-electron chi connectivity index (χ0n) is 9.89. The van der Waals surface area contributed by atoms with E-state index >= 15 is 0 Å². The van der Waals surface area contributed by atoms with E-state index in [0.29, 0.717) is 11.8 Å². The van der Waals surface area contributed by atoms with E-state index in [1.165, 1.54) is 5.56 Å². The highest BCUT2D eigenvalue weighted by Gasteiger charge is 2.06. The fourth-order valence-corrected chi connectivity index (χ4v) is 1.61. The maximum absolute atomic E-state index is 5.70. The minimum absolute atomic E-state index is 0.439. The largest absolute Gasteiger partial charge is 0.314 e. The molecule has 2 rings (SSSR count). The molecule has 0 fully saturated rings. The van der Waals surface area contributed by atoms with E-state index in [9.17, 15) is 0 Å². The van der Waals surface area contributed by atoms with Crippen LogP contribution in [0.1, 0.15) is 11.1 Å². The van der Waals surface area contributed by atoms with Crippen molar-refractivity contribution in [1.82, 2.24) is 9.97 Å². The Balaban J connectivity index is 2.23. The Bertz CT molecular complexity index is 479. The molecule has 0 radical (unpaired) electrons. The van der Waals surface area contributed by atoms with Crippen LogP contribution in [0.25, 0.3) is 0 Å². The van der Waals surface area contributed by atoms with E-state index in [2.05, 4.69) is 29.0 Å². The minimum Gasteiger partial charge on any atom is -0.314 e. The Hall–Kier alpha value is -1.61. The van der Waals surface area contributed by atoms with Gasteiger partial charge in [0.05, 0.1) is 5.88 Å². The summed E-state index contributed by atoms with van der Waals surface area (Å²) in [5, 5.41) is 0. The number of aromatic nitrogens is 2. The van der Waals surface area contributed by atoms with Crippen LogP contribution in [0.4, 0.5) is 11.6 Å². The van der Waals surface area contributed by atoms with E-state index in [4.69, 9.17) is 11.6 Å². The van der Waals surface area contributed by atoms with E-state index in [0.717, 1.165) is 11.3 Å². The molecule has 4 heteroatoms. The van der Waals surface area contributed by atoms with Crippen LogP contribution in [0.15, 0.2) is 36.7 Å². The standard InChI is InChI=1S/C13H14ClN3/c1-10-3-5-12(6-4-10)17(2)13-15-8-11(7-14)9-16-13/h3-6,8-9H,7H2,1-2H3. The minimum atomic E-state index is 0.439. The summed E-state index contributed by atoms with van der Waals surface area (Å²) in [6, 6.07) is 8.24. The third kappa shape index (κ3) is 2.74. The number of hydrogen-bond donors (Lipinski definition) is 0. The number of hydrogen-bond acceptors (Lipinski definition) is 3. The van der Waals surface area contributed by atoms with Crippen molar-refractivity contribution in [2.24, 2.45) is 0 Å². The summed E-state index contributed by atoms with van der Waals surface area (Å²) in [6.45, 7) is 2.07. The molecule has 3 nitrogen and oxygen atoms in total. The van der Waals surface area contributed by atoms with Crippen molar-refractivity contribution in [3.05, 3.63) is 47.8 Å². The van der Waals surface area contributed by atoms with Gasteiger partial charge in [0, 0.05) is 30.7 Å². The van der Waals surface area contributed by atoms with Crippen LogP contribution < -0.4 is 4.90 Å². The van der Waals surface area contributed by atoms with Crippen LogP contribution in [0.3, 0.4) is 0 Å². The van der Waals surface area contributed by atoms with Crippen LogP contribution in [-0.2, 0) is 5.88 Å². The summed E-state index contributed by atoms with van der Waals surface area (Å²) in [6.07, 6.45) is 3.50. The van der Waals surface area contributed by atoms with Gasteiger partial charge in [0.15, 0.2) is 0 Å². The summed E-state index contributed by atoms with van der Waals surface area (Å²) < 4.78 is 0. The molecule has 0 saturated heterocycles. The second kappa shape index (κ2) is 5.15. The summed E-state index contributed by atoms with van der Waals surface area (Å²) in [4.78, 5) is 10.5. The van der Waals surface area contributed by atoms with E-state index < -0.39 is 0 Å². The highest BCUT2D eigenvalue weighted by atomic mass is 35.5. The fraction of sp³-hybridized carbons (Fsp3) is 0.231. The lowest BCUT2D eigenvalue weighted by Gasteiger charge is -2.17. The Morgan fingerprint density at radius 2 is 1.71 bits per heavy atom. The molecule has 1 heterocycles. The normalized spacial score (nSPS) is 10.3. The second-order valence-electron chi connectivity index (χ2n) is 3.92. The third-order valence-electron chi connectivity index (χ3n) is 2.57. The monoisotopic (exact) mass is 247 g/mol. The van der Waals surface area contributed by atoms with Crippen LogP contribution in [-0.4, -0.2) is 17.0 Å². The van der Waals surface area contributed by atoms with Gasteiger partial charge in [-0.1, -0.05) is 17.7 Å². The molecule has 1 aromatic heterocycles. The summed E-state index contributed by atoms with van der Waals surface area (Å²) >= 11 is 5.70. The van der Waals surface area contributed by atoms with Gasteiger partial charge < -0.3 is 4.90 Å². The maximum atomic E-state index is 5.70. The topological polar surface area (TPSA) is 29.0 Å². The molecule has 0 aliphatic carbocycles. The van der Waals surface area contributed by atoms with E-state index in [1.807, 2.05) is 24.1 Å². The predicted molar refractivity (Wildman–Crippen MR) is 70.8 cm³/mol. The van der Waals surface area contributed by atoms with Gasteiger partial charge in [0.2, 0.25) is 5.95 Å². The van der Waals surface area contributed by atoms with Gasteiger partial charge in [-0.3, -0.25) is 0 Å². The van der Waals surface area contributed by atoms with Crippen molar-refractivity contribution in [1.29, 1.82) is 0 Å². The number of halogens is 1. The predicted octanol–water partition coefficient (Wildman–Crippen LogP) is 3.29. The number of nitrogens with zero attached hydrogens (tertiary/aromatic N) is 3. The first-order chi connectivity index (χ1) is 8.20. The highest BCUT2D eigenvalue weighted by molar-refractivity contribution is 6.17. The first-order valence-corrected chi connectivity index (χ1v) is 5.91. The number of aryl methyl sites for hydroxylation is 1. The average molecular weight is 248 g/mol. The quantitative estimate of drug-likeness (QED) is 0.780. The Kier molecular flexibility index (Phi) is 3.59. The fourth-order valence-electron chi connectivity index (χ4n) is 1.47. The Labute approximate surface area is 106 Å². The van der Waals surface area contributed by atoms with Crippen molar-refractivity contribution < 1.29 is 0 Å². The summed E-state index contributed by atoms with van der Waals surface area (Å²) in [5.41, 5.74) is 3.22. The smallest absolute Gasteiger partial charge is 0.229 e. The molecule has 0 bridgehead atoms. The molecular formula is C13H14ClN3.